The fraction of sp³-hybridized carbons (Fsp3) is 0.385. The number of fused-ring (bicyclic) bond motifs is 1. The van der Waals surface area contributed by atoms with Gasteiger partial charge in [-0.25, -0.2) is 8.78 Å². The van der Waals surface area contributed by atoms with Gasteiger partial charge in [0.2, 0.25) is 6.39 Å². The summed E-state index contributed by atoms with van der Waals surface area (Å²) >= 11 is 6.28. The second-order valence-electron chi connectivity index (χ2n) is 9.43. The highest BCUT2D eigenvalue weighted by molar-refractivity contribution is 6.33. The Morgan fingerprint density at radius 1 is 1.17 bits per heavy atom. The Hall–Kier alpha value is -3.13. The van der Waals surface area contributed by atoms with Crippen LogP contribution in [0.15, 0.2) is 59.6 Å². The zero-order valence-corrected chi connectivity index (χ0v) is 20.0. The van der Waals surface area contributed by atoms with Crippen LogP contribution in [0.25, 0.3) is 17.2 Å². The minimum Gasteiger partial charge on any atom is -0.462 e. The number of benzene rings is 1. The van der Waals surface area contributed by atoms with Crippen molar-refractivity contribution in [2.24, 2.45) is 23.2 Å². The lowest BCUT2D eigenvalue weighted by Crippen LogP contribution is -2.54. The van der Waals surface area contributed by atoms with Crippen molar-refractivity contribution in [3.05, 3.63) is 71.6 Å². The number of nitrogens with zero attached hydrogens (tertiary/aromatic N) is 3. The molecule has 0 amide bonds. The average Bonchev–Trinajstić information content (AvgIpc) is 3.41. The first-order valence-electron chi connectivity index (χ1n) is 11.4. The second kappa shape index (κ2) is 8.82. The summed E-state index contributed by atoms with van der Waals surface area (Å²) in [6.45, 7) is 3.28. The van der Waals surface area contributed by atoms with Gasteiger partial charge in [-0.2, -0.15) is 4.98 Å². The third-order valence-corrected chi connectivity index (χ3v) is 7.72. The van der Waals surface area contributed by atoms with Crippen LogP contribution in [0, 0.1) is 23.2 Å². The van der Waals surface area contributed by atoms with Gasteiger partial charge in [0, 0.05) is 47.0 Å². The van der Waals surface area contributed by atoms with Crippen LogP contribution in [0.2, 0.25) is 5.02 Å². The molecular formula is C26H24ClF2N3O3. The lowest BCUT2D eigenvalue weighted by atomic mass is 9.55. The second-order valence-corrected chi connectivity index (χ2v) is 9.84. The van der Waals surface area contributed by atoms with Crippen molar-refractivity contribution in [2.75, 3.05) is 0 Å². The minimum atomic E-state index is -3.08. The third-order valence-electron chi connectivity index (χ3n) is 7.39. The number of halogens is 3. The molecule has 1 unspecified atom stereocenters. The standard InChI is InChI=1S/C26H24ClF2N3O3/c1-15-19(10-9-18-8-7-17(12-30-18)20-5-3-4-6-21(20)27)23-16(2)35-24(33)25(23,13-26(15,28)29)11-22-31-14-34-32-22/h3-10,12,14-16,19,23H,11,13H2,1-2H3/b10-9+/t15-,16+,19-,23?,25+/m0/s1. The van der Waals surface area contributed by atoms with E-state index in [1.807, 2.05) is 36.4 Å². The van der Waals surface area contributed by atoms with Crippen molar-refractivity contribution in [3.8, 4) is 11.1 Å². The average molecular weight is 500 g/mol. The van der Waals surface area contributed by atoms with Crippen LogP contribution in [0.5, 0.6) is 0 Å². The molecule has 182 valence electrons. The minimum absolute atomic E-state index is 0.0607. The van der Waals surface area contributed by atoms with E-state index in [2.05, 4.69) is 15.1 Å². The van der Waals surface area contributed by atoms with Gasteiger partial charge in [-0.15, -0.1) is 0 Å². The van der Waals surface area contributed by atoms with Crippen molar-refractivity contribution in [1.29, 1.82) is 0 Å². The molecule has 3 heterocycles. The lowest BCUT2D eigenvalue weighted by Gasteiger charge is -2.47. The number of aromatic nitrogens is 3. The van der Waals surface area contributed by atoms with Gasteiger partial charge in [-0.3, -0.25) is 9.78 Å². The molecule has 9 heteroatoms. The predicted molar refractivity (Wildman–Crippen MR) is 125 cm³/mol. The van der Waals surface area contributed by atoms with Crippen LogP contribution in [0.1, 0.15) is 31.8 Å². The molecule has 2 aliphatic rings. The van der Waals surface area contributed by atoms with Crippen molar-refractivity contribution in [1.82, 2.24) is 15.1 Å². The summed E-state index contributed by atoms with van der Waals surface area (Å²) in [4.78, 5) is 21.5. The Kier molecular flexibility index (Phi) is 5.95. The topological polar surface area (TPSA) is 78.1 Å². The summed E-state index contributed by atoms with van der Waals surface area (Å²) in [5.41, 5.74) is 0.895. The molecule has 5 atom stereocenters. The molecule has 1 saturated heterocycles. The number of cyclic esters (lactones) is 1. The number of carbonyl (C=O) groups is 1. The maximum absolute atomic E-state index is 15.3. The summed E-state index contributed by atoms with van der Waals surface area (Å²) in [6.07, 6.45) is 5.09. The SMILES string of the molecule is C[C@H]1OC(=O)[C@]2(Cc3ncon3)CC(F)(F)[C@@H](C)[C@H](/C=C/c3ccc(-c4ccccc4Cl)cn3)C12. The summed E-state index contributed by atoms with van der Waals surface area (Å²) in [7, 11) is 0. The number of hydrogen-bond acceptors (Lipinski definition) is 6. The first-order chi connectivity index (χ1) is 16.7. The van der Waals surface area contributed by atoms with Crippen molar-refractivity contribution >= 4 is 23.6 Å². The van der Waals surface area contributed by atoms with E-state index in [4.69, 9.17) is 20.9 Å². The maximum Gasteiger partial charge on any atom is 0.313 e. The number of allylic oxidation sites excluding steroid dienone is 1. The molecule has 2 fully saturated rings. The van der Waals surface area contributed by atoms with Gasteiger partial charge in [0.25, 0.3) is 5.92 Å². The maximum atomic E-state index is 15.3. The highest BCUT2D eigenvalue weighted by atomic mass is 35.5. The molecule has 0 radical (unpaired) electrons. The van der Waals surface area contributed by atoms with Gasteiger partial charge >= 0.3 is 5.97 Å². The Bertz CT molecular complexity index is 1250. The zero-order chi connectivity index (χ0) is 24.8. The van der Waals surface area contributed by atoms with E-state index in [1.54, 1.807) is 25.3 Å². The Balaban J connectivity index is 1.47. The Morgan fingerprint density at radius 2 is 1.97 bits per heavy atom. The first-order valence-corrected chi connectivity index (χ1v) is 11.8. The number of rotatable bonds is 5. The monoisotopic (exact) mass is 499 g/mol. The largest absolute Gasteiger partial charge is 0.462 e. The third kappa shape index (κ3) is 4.14. The predicted octanol–water partition coefficient (Wildman–Crippen LogP) is 5.88. The van der Waals surface area contributed by atoms with Crippen molar-refractivity contribution < 1.29 is 22.8 Å². The normalized spacial score (nSPS) is 29.8. The molecular weight excluding hydrogens is 476 g/mol. The number of hydrogen-bond donors (Lipinski definition) is 0. The Morgan fingerprint density at radius 3 is 2.66 bits per heavy atom. The van der Waals surface area contributed by atoms with Gasteiger partial charge in [0.05, 0.1) is 11.1 Å². The van der Waals surface area contributed by atoms with Crippen LogP contribution in [0.4, 0.5) is 8.78 Å². The molecule has 3 aromatic rings. The van der Waals surface area contributed by atoms with Crippen molar-refractivity contribution in [3.63, 3.8) is 0 Å². The molecule has 1 aromatic carbocycles. The molecule has 0 spiro atoms. The fourth-order valence-corrected chi connectivity index (χ4v) is 5.89. The van der Waals surface area contributed by atoms with Crippen molar-refractivity contribution in [2.45, 2.75) is 38.7 Å². The summed E-state index contributed by atoms with van der Waals surface area (Å²) in [5, 5.41) is 4.39. The molecule has 1 saturated carbocycles. The highest BCUT2D eigenvalue weighted by Crippen LogP contribution is 2.60. The van der Waals surface area contributed by atoms with Gasteiger partial charge in [-0.05, 0) is 31.1 Å². The molecule has 1 aliphatic heterocycles. The van der Waals surface area contributed by atoms with Crippen LogP contribution in [-0.2, 0) is 16.0 Å². The molecule has 5 rings (SSSR count). The van der Waals surface area contributed by atoms with E-state index in [9.17, 15) is 4.79 Å². The zero-order valence-electron chi connectivity index (χ0n) is 19.2. The van der Waals surface area contributed by atoms with E-state index in [-0.39, 0.29) is 12.2 Å². The van der Waals surface area contributed by atoms with Crippen LogP contribution >= 0.6 is 11.6 Å². The smallest absolute Gasteiger partial charge is 0.313 e. The van der Waals surface area contributed by atoms with E-state index in [1.165, 1.54) is 6.92 Å². The summed E-state index contributed by atoms with van der Waals surface area (Å²) < 4.78 is 41.0. The van der Waals surface area contributed by atoms with Gasteiger partial charge in [0.15, 0.2) is 5.82 Å². The van der Waals surface area contributed by atoms with Gasteiger partial charge in [0.1, 0.15) is 6.10 Å². The number of ether oxygens (including phenoxy) is 1. The number of carbonyl (C=O) groups excluding carboxylic acids is 1. The summed E-state index contributed by atoms with van der Waals surface area (Å²) in [6, 6.07) is 11.2. The molecule has 6 nitrogen and oxygen atoms in total. The molecule has 0 N–H and O–H groups in total. The highest BCUT2D eigenvalue weighted by Gasteiger charge is 2.68. The van der Waals surface area contributed by atoms with Crippen LogP contribution in [-0.4, -0.2) is 33.1 Å². The van der Waals surface area contributed by atoms with Crippen LogP contribution in [0.3, 0.4) is 0 Å². The van der Waals surface area contributed by atoms with E-state index >= 15 is 8.78 Å². The molecule has 2 aromatic heterocycles. The number of alkyl halides is 2. The number of esters is 1. The number of pyridine rings is 1. The van der Waals surface area contributed by atoms with Gasteiger partial charge in [-0.1, -0.05) is 54.0 Å². The first kappa shape index (κ1) is 23.6. The van der Waals surface area contributed by atoms with Crippen LogP contribution < -0.4 is 0 Å². The summed E-state index contributed by atoms with van der Waals surface area (Å²) in [5.74, 6) is -5.60. The fourth-order valence-electron chi connectivity index (χ4n) is 5.65. The van der Waals surface area contributed by atoms with Gasteiger partial charge < -0.3 is 9.26 Å². The lowest BCUT2D eigenvalue weighted by molar-refractivity contribution is -0.171. The molecule has 1 aliphatic carbocycles. The Labute approximate surface area is 206 Å². The molecule has 0 bridgehead atoms. The quantitative estimate of drug-likeness (QED) is 0.408. The molecule has 35 heavy (non-hydrogen) atoms. The van der Waals surface area contributed by atoms with E-state index < -0.39 is 47.6 Å². The van der Waals surface area contributed by atoms with E-state index in [0.29, 0.717) is 10.7 Å². The van der Waals surface area contributed by atoms with E-state index in [0.717, 1.165) is 17.5 Å².